The summed E-state index contributed by atoms with van der Waals surface area (Å²) in [5, 5.41) is 30.2. The molecule has 2 rings (SSSR count). The molecule has 170 valence electrons. The lowest BCUT2D eigenvalue weighted by molar-refractivity contribution is -0.380. The number of aliphatic carboxylic acids is 1. The molecule has 1 amide bonds. The van der Waals surface area contributed by atoms with Gasteiger partial charge < -0.3 is 20.1 Å². The predicted octanol–water partition coefficient (Wildman–Crippen LogP) is 3.27. The number of carboxylic acids is 1. The third-order valence-electron chi connectivity index (χ3n) is 3.97. The van der Waals surface area contributed by atoms with E-state index in [1.54, 1.807) is 17.0 Å². The molecular formula is C18H20N6O7S. The number of rotatable bonds is 11. The monoisotopic (exact) mass is 464 g/mol. The molecule has 0 unspecified atom stereocenters. The number of carbonyl (C=O) groups is 3. The number of aromatic nitrogens is 1. The minimum atomic E-state index is -1.00. The fourth-order valence-corrected chi connectivity index (χ4v) is 3.06. The van der Waals surface area contributed by atoms with Gasteiger partial charge in [-0.25, -0.2) is 4.98 Å². The van der Waals surface area contributed by atoms with E-state index >= 15 is 0 Å². The Bertz CT molecular complexity index is 1040. The Morgan fingerprint density at radius 3 is 2.59 bits per heavy atom. The van der Waals surface area contributed by atoms with E-state index in [1.165, 1.54) is 20.1 Å². The number of ether oxygens (including phenoxy) is 1. The smallest absolute Gasteiger partial charge is 0.345 e. The zero-order valence-corrected chi connectivity index (χ0v) is 18.0. The summed E-state index contributed by atoms with van der Waals surface area (Å²) in [6.07, 6.45) is 0.940. The van der Waals surface area contributed by atoms with Crippen LogP contribution in [0.5, 0.6) is 0 Å². The molecule has 32 heavy (non-hydrogen) atoms. The second kappa shape index (κ2) is 11.5. The molecule has 0 spiro atoms. The van der Waals surface area contributed by atoms with Gasteiger partial charge in [0.15, 0.2) is 0 Å². The number of nitrogens with one attached hydrogen (secondary N) is 1. The van der Waals surface area contributed by atoms with Crippen LogP contribution in [-0.2, 0) is 19.1 Å². The van der Waals surface area contributed by atoms with E-state index in [0.29, 0.717) is 5.69 Å². The van der Waals surface area contributed by atoms with Gasteiger partial charge in [0, 0.05) is 25.7 Å². The molecule has 0 fully saturated rings. The largest absolute Gasteiger partial charge is 0.481 e. The first-order valence-electron chi connectivity index (χ1n) is 9.16. The zero-order valence-electron chi connectivity index (χ0n) is 17.2. The van der Waals surface area contributed by atoms with Crippen LogP contribution in [0.2, 0.25) is 0 Å². The molecule has 14 heteroatoms. The van der Waals surface area contributed by atoms with Crippen molar-refractivity contribution < 1.29 is 29.2 Å². The Hall–Kier alpha value is -3.94. The maximum absolute atomic E-state index is 11.6. The van der Waals surface area contributed by atoms with Crippen molar-refractivity contribution in [1.29, 1.82) is 0 Å². The minimum Gasteiger partial charge on any atom is -0.481 e. The maximum atomic E-state index is 11.6. The van der Waals surface area contributed by atoms with Gasteiger partial charge in [-0.15, -0.1) is 10.2 Å². The number of carbonyl (C=O) groups excluding carboxylic acids is 2. The van der Waals surface area contributed by atoms with Crippen LogP contribution in [0.25, 0.3) is 0 Å². The number of azo groups is 1. The van der Waals surface area contributed by atoms with Crippen LogP contribution >= 0.6 is 11.3 Å². The third-order valence-corrected chi connectivity index (χ3v) is 4.80. The number of esters is 1. The fourth-order valence-electron chi connectivity index (χ4n) is 2.51. The van der Waals surface area contributed by atoms with Crippen LogP contribution in [0.15, 0.2) is 34.6 Å². The van der Waals surface area contributed by atoms with E-state index in [1.807, 2.05) is 0 Å². The summed E-state index contributed by atoms with van der Waals surface area (Å²) in [5.74, 6) is -1.83. The third kappa shape index (κ3) is 7.39. The first-order chi connectivity index (χ1) is 15.2. The average molecular weight is 464 g/mol. The van der Waals surface area contributed by atoms with E-state index in [2.05, 4.69) is 25.3 Å². The number of methoxy groups -OCH3 is 1. The highest BCUT2D eigenvalue weighted by molar-refractivity contribution is 7.18. The Balaban J connectivity index is 2.32. The first-order valence-corrected chi connectivity index (χ1v) is 9.98. The van der Waals surface area contributed by atoms with Crippen molar-refractivity contribution in [3.05, 3.63) is 34.5 Å². The lowest BCUT2D eigenvalue weighted by atomic mass is 10.2. The predicted molar refractivity (Wildman–Crippen MR) is 115 cm³/mol. The summed E-state index contributed by atoms with van der Waals surface area (Å²) in [6.45, 7) is 1.62. The lowest BCUT2D eigenvalue weighted by Gasteiger charge is -2.24. The molecule has 0 saturated carbocycles. The van der Waals surface area contributed by atoms with Crippen molar-refractivity contribution in [2.75, 3.05) is 30.4 Å². The molecule has 2 N–H and O–H groups in total. The van der Waals surface area contributed by atoms with Gasteiger partial charge in [-0.2, -0.15) is 0 Å². The van der Waals surface area contributed by atoms with Crippen LogP contribution in [0.1, 0.15) is 19.8 Å². The molecule has 0 aliphatic rings. The molecule has 13 nitrogen and oxygen atoms in total. The maximum Gasteiger partial charge on any atom is 0.345 e. The number of thiazole rings is 1. The second-order valence-corrected chi connectivity index (χ2v) is 7.27. The van der Waals surface area contributed by atoms with Crippen molar-refractivity contribution >= 4 is 56.4 Å². The van der Waals surface area contributed by atoms with Gasteiger partial charge >= 0.3 is 16.9 Å². The van der Waals surface area contributed by atoms with E-state index in [-0.39, 0.29) is 53.3 Å². The highest BCUT2D eigenvalue weighted by Crippen LogP contribution is 2.33. The van der Waals surface area contributed by atoms with Crippen LogP contribution in [-0.4, -0.2) is 53.1 Å². The van der Waals surface area contributed by atoms with Crippen molar-refractivity contribution in [3.8, 4) is 0 Å². The number of carboxylic acid groups (broad SMARTS) is 1. The Morgan fingerprint density at radius 2 is 2.00 bits per heavy atom. The van der Waals surface area contributed by atoms with E-state index in [0.717, 1.165) is 17.5 Å². The summed E-state index contributed by atoms with van der Waals surface area (Å²) in [7, 11) is 1.26. The number of nitro groups is 1. The van der Waals surface area contributed by atoms with Gasteiger partial charge in [-0.05, 0) is 29.5 Å². The molecule has 1 aromatic heterocycles. The van der Waals surface area contributed by atoms with Crippen molar-refractivity contribution in [2.45, 2.75) is 19.8 Å². The molecule has 0 aliphatic heterocycles. The standard InChI is InChI=1S/C18H20N6O7S/c1-11(25)20-14-9-12(23(7-5-16(26)27)8-6-17(28)31-2)3-4-13(14)21-22-18-19-10-15(32-18)24(29)30/h3-4,9-10H,5-8H2,1-2H3,(H,20,25)(H,26,27). The molecule has 1 heterocycles. The summed E-state index contributed by atoms with van der Waals surface area (Å²) in [6, 6.07) is 4.74. The SMILES string of the molecule is COC(=O)CCN(CCC(=O)O)c1ccc(N=Nc2ncc([N+](=O)[O-])s2)c(NC(C)=O)c1. The second-order valence-electron chi connectivity index (χ2n) is 6.28. The van der Waals surface area contributed by atoms with Gasteiger partial charge in [0.2, 0.25) is 11.0 Å². The van der Waals surface area contributed by atoms with Crippen LogP contribution in [0.4, 0.5) is 27.2 Å². The van der Waals surface area contributed by atoms with E-state index in [4.69, 9.17) is 5.11 Å². The van der Waals surface area contributed by atoms with Crippen LogP contribution in [0.3, 0.4) is 0 Å². The van der Waals surface area contributed by atoms with Gasteiger partial charge in [0.05, 0.1) is 30.6 Å². The Kier molecular flexibility index (Phi) is 8.71. The van der Waals surface area contributed by atoms with Gasteiger partial charge in [-0.3, -0.25) is 24.5 Å². The number of hydrogen-bond acceptors (Lipinski definition) is 11. The van der Waals surface area contributed by atoms with Crippen molar-refractivity contribution in [3.63, 3.8) is 0 Å². The van der Waals surface area contributed by atoms with E-state index in [9.17, 15) is 24.5 Å². The number of amides is 1. The quantitative estimate of drug-likeness (QED) is 0.218. The molecule has 0 saturated heterocycles. The van der Waals surface area contributed by atoms with Crippen molar-refractivity contribution in [2.24, 2.45) is 10.2 Å². The summed E-state index contributed by atoms with van der Waals surface area (Å²) in [4.78, 5) is 49.8. The molecule has 0 atom stereocenters. The van der Waals surface area contributed by atoms with Gasteiger partial charge in [0.1, 0.15) is 11.9 Å². The average Bonchev–Trinajstić information content (AvgIpc) is 3.21. The summed E-state index contributed by atoms with van der Waals surface area (Å²) < 4.78 is 4.63. The molecular weight excluding hydrogens is 444 g/mol. The topological polar surface area (TPSA) is 177 Å². The molecule has 0 bridgehead atoms. The highest BCUT2D eigenvalue weighted by atomic mass is 32.1. The molecule has 1 aromatic carbocycles. The Labute approximate surface area is 185 Å². The molecule has 0 aliphatic carbocycles. The molecule has 2 aromatic rings. The lowest BCUT2D eigenvalue weighted by Crippen LogP contribution is -2.29. The number of nitrogens with zero attached hydrogens (tertiary/aromatic N) is 5. The summed E-state index contributed by atoms with van der Waals surface area (Å²) in [5.41, 5.74) is 1.08. The normalized spacial score (nSPS) is 10.7. The first kappa shape index (κ1) is 24.3. The zero-order chi connectivity index (χ0) is 23.7. The van der Waals surface area contributed by atoms with Crippen LogP contribution < -0.4 is 10.2 Å². The minimum absolute atomic E-state index is 0.0376. The number of benzene rings is 1. The van der Waals surface area contributed by atoms with Crippen molar-refractivity contribution in [1.82, 2.24) is 4.98 Å². The van der Waals surface area contributed by atoms with Gasteiger partial charge in [-0.1, -0.05) is 0 Å². The van der Waals surface area contributed by atoms with Crippen LogP contribution in [0, 0.1) is 10.1 Å². The Morgan fingerprint density at radius 1 is 1.28 bits per heavy atom. The molecule has 0 radical (unpaired) electrons. The number of anilines is 2. The van der Waals surface area contributed by atoms with Gasteiger partial charge in [0.25, 0.3) is 0 Å². The fraction of sp³-hybridized carbons (Fsp3) is 0.333. The summed E-state index contributed by atoms with van der Waals surface area (Å²) >= 11 is 0.743. The highest BCUT2D eigenvalue weighted by Gasteiger charge is 2.15. The number of hydrogen-bond donors (Lipinski definition) is 2. The van der Waals surface area contributed by atoms with E-state index < -0.39 is 16.9 Å².